The number of hydrogen-bond acceptors (Lipinski definition) is 7. The first-order valence-corrected chi connectivity index (χ1v) is 13.2. The predicted octanol–water partition coefficient (Wildman–Crippen LogP) is 5.35. The molecule has 8 nitrogen and oxygen atoms in total. The first-order chi connectivity index (χ1) is 18.8. The molecular weight excluding hydrogens is 493 g/mol. The van der Waals surface area contributed by atoms with Gasteiger partial charge in [-0.3, -0.25) is 14.7 Å². The molecule has 0 saturated carbocycles. The van der Waals surface area contributed by atoms with E-state index < -0.39 is 0 Å². The van der Waals surface area contributed by atoms with Crippen molar-refractivity contribution in [3.8, 4) is 0 Å². The Morgan fingerprint density at radius 3 is 2.74 bits per heavy atom. The number of rotatable bonds is 11. The average Bonchev–Trinajstić information content (AvgIpc) is 3.33. The second-order valence-electron chi connectivity index (χ2n) is 9.97. The number of fused-ring (bicyclic) bond motifs is 1. The van der Waals surface area contributed by atoms with Crippen molar-refractivity contribution in [1.82, 2.24) is 20.2 Å². The van der Waals surface area contributed by atoms with Gasteiger partial charge in [0.2, 0.25) is 5.95 Å². The molecule has 3 aromatic rings. The molecule has 4 rings (SSSR count). The molecule has 1 aliphatic rings. The van der Waals surface area contributed by atoms with Crippen LogP contribution in [0.5, 0.6) is 0 Å². The number of anilines is 3. The van der Waals surface area contributed by atoms with Gasteiger partial charge in [0.05, 0.1) is 5.69 Å². The van der Waals surface area contributed by atoms with Gasteiger partial charge in [-0.05, 0) is 67.8 Å². The van der Waals surface area contributed by atoms with Crippen LogP contribution in [-0.4, -0.2) is 46.1 Å². The number of nitrogen functional groups attached to an aromatic ring is 1. The van der Waals surface area contributed by atoms with E-state index in [4.69, 9.17) is 10.7 Å². The van der Waals surface area contributed by atoms with Crippen molar-refractivity contribution in [3.63, 3.8) is 0 Å². The van der Waals surface area contributed by atoms with Crippen molar-refractivity contribution >= 4 is 35.0 Å². The van der Waals surface area contributed by atoms with Crippen molar-refractivity contribution in [2.75, 3.05) is 18.1 Å². The van der Waals surface area contributed by atoms with Crippen LogP contribution < -0.4 is 16.4 Å². The zero-order valence-electron chi connectivity index (χ0n) is 22.7. The number of hydrogen-bond donors (Lipinski definition) is 3. The summed E-state index contributed by atoms with van der Waals surface area (Å²) in [7, 11) is 1.67. The fourth-order valence-corrected chi connectivity index (χ4v) is 4.92. The van der Waals surface area contributed by atoms with Crippen LogP contribution in [0, 0.1) is 5.82 Å². The fraction of sp³-hybridized carbons (Fsp3) is 0.333. The van der Waals surface area contributed by atoms with Crippen molar-refractivity contribution in [3.05, 3.63) is 83.4 Å². The standard InChI is InChI=1S/C30H36FN7O/c1-5-6-25(13-20(3)35-29(39)21-7-12-27(32)26(14-21)19(2)15-33-4)38-17-22-16-34-30(37-28(22)18-38)36-24-10-8-23(31)9-11-24/h7-12,14-16,20,25H,2,5-6,13,17-18,32H2,1,3-4H3,(H,35,39)(H,34,36,37)/b33-15-/t20-,25+/m1/s1. The summed E-state index contributed by atoms with van der Waals surface area (Å²) >= 11 is 0. The normalized spacial score (nSPS) is 14.7. The van der Waals surface area contributed by atoms with Crippen LogP contribution in [0.4, 0.5) is 21.7 Å². The first-order valence-electron chi connectivity index (χ1n) is 13.2. The van der Waals surface area contributed by atoms with Gasteiger partial charge >= 0.3 is 0 Å². The van der Waals surface area contributed by atoms with Crippen molar-refractivity contribution in [2.24, 2.45) is 4.99 Å². The SMILES string of the molecule is C=C(/C=N\C)c1cc(C(=O)N[C@H](C)C[C@H](CCC)N2Cc3cnc(Nc4ccc(F)cc4)nc3C2)ccc1N. The Morgan fingerprint density at radius 2 is 2.03 bits per heavy atom. The summed E-state index contributed by atoms with van der Waals surface area (Å²) in [4.78, 5) is 28.6. The lowest BCUT2D eigenvalue weighted by Crippen LogP contribution is -2.40. The van der Waals surface area contributed by atoms with E-state index in [1.54, 1.807) is 43.6 Å². The molecule has 0 unspecified atom stereocenters. The van der Waals surface area contributed by atoms with E-state index in [-0.39, 0.29) is 23.8 Å². The van der Waals surface area contributed by atoms with E-state index in [0.717, 1.165) is 42.8 Å². The van der Waals surface area contributed by atoms with E-state index in [1.165, 1.54) is 12.1 Å². The Labute approximate surface area is 229 Å². The number of amides is 1. The van der Waals surface area contributed by atoms with Crippen molar-refractivity contribution in [1.29, 1.82) is 0 Å². The molecule has 9 heteroatoms. The van der Waals surface area contributed by atoms with Crippen LogP contribution in [0.3, 0.4) is 0 Å². The van der Waals surface area contributed by atoms with Gasteiger partial charge in [-0.1, -0.05) is 19.9 Å². The third-order valence-electron chi connectivity index (χ3n) is 6.87. The largest absolute Gasteiger partial charge is 0.398 e. The summed E-state index contributed by atoms with van der Waals surface area (Å²) in [6.07, 6.45) is 6.33. The molecule has 204 valence electrons. The van der Waals surface area contributed by atoms with Gasteiger partial charge in [0.25, 0.3) is 5.91 Å². The Bertz CT molecular complexity index is 1360. The van der Waals surface area contributed by atoms with E-state index in [9.17, 15) is 9.18 Å². The molecule has 0 saturated heterocycles. The lowest BCUT2D eigenvalue weighted by atomic mass is 10.0. The van der Waals surface area contributed by atoms with Gasteiger partial charge in [-0.25, -0.2) is 14.4 Å². The summed E-state index contributed by atoms with van der Waals surface area (Å²) in [5.41, 5.74) is 11.4. The van der Waals surface area contributed by atoms with Gasteiger partial charge < -0.3 is 16.4 Å². The third-order valence-corrected chi connectivity index (χ3v) is 6.87. The first kappa shape index (κ1) is 27.9. The minimum Gasteiger partial charge on any atom is -0.398 e. The van der Waals surface area contributed by atoms with Crippen LogP contribution in [0.1, 0.15) is 60.3 Å². The number of halogens is 1. The number of benzene rings is 2. The monoisotopic (exact) mass is 529 g/mol. The molecule has 1 aliphatic heterocycles. The highest BCUT2D eigenvalue weighted by molar-refractivity contribution is 6.11. The molecular formula is C30H36FN7O. The molecule has 0 fully saturated rings. The quantitative estimate of drug-likeness (QED) is 0.228. The summed E-state index contributed by atoms with van der Waals surface area (Å²) < 4.78 is 13.2. The Morgan fingerprint density at radius 1 is 1.26 bits per heavy atom. The van der Waals surface area contributed by atoms with E-state index >= 15 is 0 Å². The highest BCUT2D eigenvalue weighted by Gasteiger charge is 2.28. The van der Waals surface area contributed by atoms with Crippen LogP contribution in [0.25, 0.3) is 5.57 Å². The summed E-state index contributed by atoms with van der Waals surface area (Å²) in [6.45, 7) is 9.68. The second-order valence-corrected chi connectivity index (χ2v) is 9.97. The zero-order chi connectivity index (χ0) is 27.9. The highest BCUT2D eigenvalue weighted by Crippen LogP contribution is 2.28. The second kappa shape index (κ2) is 12.6. The number of carbonyl (C=O) groups excluding carboxylic acids is 1. The minimum absolute atomic E-state index is 0.0408. The third kappa shape index (κ3) is 7.06. The van der Waals surface area contributed by atoms with Gasteiger partial charge in [0.1, 0.15) is 5.82 Å². The Hall–Kier alpha value is -4.11. The van der Waals surface area contributed by atoms with E-state index in [1.807, 2.05) is 13.1 Å². The van der Waals surface area contributed by atoms with Crippen LogP contribution in [0.15, 0.2) is 60.2 Å². The molecule has 2 aromatic carbocycles. The highest BCUT2D eigenvalue weighted by atomic mass is 19.1. The number of nitrogens with one attached hydrogen (secondary N) is 2. The summed E-state index contributed by atoms with van der Waals surface area (Å²) in [5, 5.41) is 6.30. The average molecular weight is 530 g/mol. The van der Waals surface area contributed by atoms with Crippen LogP contribution in [-0.2, 0) is 13.1 Å². The van der Waals surface area contributed by atoms with Crippen molar-refractivity contribution in [2.45, 2.75) is 58.3 Å². The zero-order valence-corrected chi connectivity index (χ0v) is 22.7. The molecule has 0 radical (unpaired) electrons. The van der Waals surface area contributed by atoms with Crippen LogP contribution >= 0.6 is 0 Å². The predicted molar refractivity (Wildman–Crippen MR) is 156 cm³/mol. The number of aliphatic imine (C=N–C) groups is 1. The maximum Gasteiger partial charge on any atom is 0.251 e. The van der Waals surface area contributed by atoms with Crippen LogP contribution in [0.2, 0.25) is 0 Å². The van der Waals surface area contributed by atoms with E-state index in [0.29, 0.717) is 34.9 Å². The Kier molecular flexibility index (Phi) is 9.03. The molecule has 4 N–H and O–H groups in total. The molecule has 39 heavy (non-hydrogen) atoms. The number of carbonyl (C=O) groups is 1. The summed E-state index contributed by atoms with van der Waals surface area (Å²) in [6, 6.07) is 11.6. The van der Waals surface area contributed by atoms with Crippen molar-refractivity contribution < 1.29 is 9.18 Å². The van der Waals surface area contributed by atoms with Gasteiger partial charge in [-0.2, -0.15) is 0 Å². The van der Waals surface area contributed by atoms with Gasteiger partial charge in [0.15, 0.2) is 0 Å². The summed E-state index contributed by atoms with van der Waals surface area (Å²) in [5.74, 6) is 0.0578. The van der Waals surface area contributed by atoms with E-state index in [2.05, 4.69) is 39.0 Å². The number of nitrogens with two attached hydrogens (primary N) is 1. The smallest absolute Gasteiger partial charge is 0.251 e. The molecule has 0 bridgehead atoms. The molecule has 1 aromatic heterocycles. The number of allylic oxidation sites excluding steroid dienone is 1. The maximum atomic E-state index is 13.2. The molecule has 2 atom stereocenters. The number of nitrogens with zero attached hydrogens (tertiary/aromatic N) is 4. The fourth-order valence-electron chi connectivity index (χ4n) is 4.92. The molecule has 0 aliphatic carbocycles. The number of aromatic nitrogens is 2. The molecule has 1 amide bonds. The molecule has 0 spiro atoms. The topological polar surface area (TPSA) is 109 Å². The Balaban J connectivity index is 1.39. The maximum absolute atomic E-state index is 13.2. The lowest BCUT2D eigenvalue weighted by Gasteiger charge is -2.30. The minimum atomic E-state index is -0.287. The van der Waals surface area contributed by atoms with Gasteiger partial charge in [-0.15, -0.1) is 0 Å². The lowest BCUT2D eigenvalue weighted by molar-refractivity contribution is 0.0923. The van der Waals surface area contributed by atoms with Gasteiger partial charge in [0, 0.05) is 72.7 Å². The molecule has 2 heterocycles.